The lowest BCUT2D eigenvalue weighted by Gasteiger charge is -2.28. The van der Waals surface area contributed by atoms with Crippen molar-refractivity contribution in [3.8, 4) is 0 Å². The van der Waals surface area contributed by atoms with Crippen molar-refractivity contribution in [1.82, 2.24) is 15.1 Å². The lowest BCUT2D eigenvalue weighted by Crippen LogP contribution is -2.41. The average molecular weight is 252 g/mol. The number of amidine groups is 1. The molecule has 1 aromatic rings. The second-order valence-corrected chi connectivity index (χ2v) is 5.67. The zero-order chi connectivity index (χ0) is 12.1. The molecular weight excluding hydrogens is 232 g/mol. The van der Waals surface area contributed by atoms with Crippen LogP contribution in [0.2, 0.25) is 0 Å². The Morgan fingerprint density at radius 2 is 2.53 bits per heavy atom. The molecule has 2 heterocycles. The number of hydrogen-bond donors (Lipinski definition) is 1. The van der Waals surface area contributed by atoms with Crippen LogP contribution in [0.4, 0.5) is 0 Å². The second-order valence-electron chi connectivity index (χ2n) is 4.59. The minimum absolute atomic E-state index is 0.583. The first-order chi connectivity index (χ1) is 8.25. The van der Waals surface area contributed by atoms with E-state index in [2.05, 4.69) is 29.3 Å². The average Bonchev–Trinajstić information content (AvgIpc) is 2.82. The van der Waals surface area contributed by atoms with E-state index in [1.165, 1.54) is 12.2 Å². The first kappa shape index (κ1) is 12.5. The van der Waals surface area contributed by atoms with Crippen LogP contribution in [0.3, 0.4) is 0 Å². The number of aliphatic imine (C=N–C) groups is 1. The zero-order valence-electron chi connectivity index (χ0n) is 10.5. The van der Waals surface area contributed by atoms with Gasteiger partial charge in [-0.05, 0) is 18.4 Å². The van der Waals surface area contributed by atoms with Gasteiger partial charge in [-0.3, -0.25) is 9.67 Å². The lowest BCUT2D eigenvalue weighted by atomic mass is 10.0. The Morgan fingerprint density at radius 1 is 1.65 bits per heavy atom. The van der Waals surface area contributed by atoms with Gasteiger partial charge < -0.3 is 5.32 Å². The molecule has 17 heavy (non-hydrogen) atoms. The Morgan fingerprint density at radius 3 is 3.24 bits per heavy atom. The summed E-state index contributed by atoms with van der Waals surface area (Å²) in [4.78, 5) is 4.60. The van der Waals surface area contributed by atoms with E-state index in [9.17, 15) is 0 Å². The maximum absolute atomic E-state index is 4.60. The molecule has 1 atom stereocenters. The Labute approximate surface area is 107 Å². The second kappa shape index (κ2) is 6.10. The number of aromatic nitrogens is 2. The fourth-order valence-electron chi connectivity index (χ4n) is 1.83. The maximum Gasteiger partial charge on any atom is 0.156 e. The van der Waals surface area contributed by atoms with Gasteiger partial charge in [0.05, 0.1) is 13.1 Å². The van der Waals surface area contributed by atoms with Gasteiger partial charge in [0, 0.05) is 24.2 Å². The van der Waals surface area contributed by atoms with Crippen LogP contribution in [0.15, 0.2) is 23.5 Å². The van der Waals surface area contributed by atoms with Gasteiger partial charge in [-0.15, -0.1) is 0 Å². The zero-order valence-corrected chi connectivity index (χ0v) is 11.3. The van der Waals surface area contributed by atoms with E-state index in [-0.39, 0.29) is 0 Å². The van der Waals surface area contributed by atoms with Crippen LogP contribution < -0.4 is 5.32 Å². The third-order valence-corrected chi connectivity index (χ3v) is 3.89. The molecular formula is C12H20N4S. The predicted molar refractivity (Wildman–Crippen MR) is 73.4 cm³/mol. The maximum atomic E-state index is 4.60. The van der Waals surface area contributed by atoms with Gasteiger partial charge in [-0.25, -0.2) is 0 Å². The summed E-state index contributed by atoms with van der Waals surface area (Å²) in [6.07, 6.45) is 5.01. The van der Waals surface area contributed by atoms with E-state index >= 15 is 0 Å². The van der Waals surface area contributed by atoms with Crippen LogP contribution in [-0.4, -0.2) is 33.3 Å². The van der Waals surface area contributed by atoms with Gasteiger partial charge in [-0.2, -0.15) is 5.10 Å². The van der Waals surface area contributed by atoms with Gasteiger partial charge >= 0.3 is 0 Å². The largest absolute Gasteiger partial charge is 0.362 e. The lowest BCUT2D eigenvalue weighted by molar-refractivity contribution is 0.442. The normalized spacial score (nSPS) is 23.0. The van der Waals surface area contributed by atoms with Crippen molar-refractivity contribution in [2.24, 2.45) is 10.9 Å². The monoisotopic (exact) mass is 252 g/mol. The fourth-order valence-corrected chi connectivity index (χ4v) is 2.82. The van der Waals surface area contributed by atoms with Gasteiger partial charge in [-0.1, -0.05) is 25.6 Å². The molecule has 0 radical (unpaired) electrons. The van der Waals surface area contributed by atoms with Crippen molar-refractivity contribution in [3.63, 3.8) is 0 Å². The van der Waals surface area contributed by atoms with Crippen LogP contribution in [0.1, 0.15) is 20.3 Å². The Balaban J connectivity index is 1.80. The minimum Gasteiger partial charge on any atom is -0.362 e. The van der Waals surface area contributed by atoms with E-state index in [4.69, 9.17) is 0 Å². The summed E-state index contributed by atoms with van der Waals surface area (Å²) in [6.45, 7) is 6.16. The molecule has 0 saturated carbocycles. The molecule has 5 heteroatoms. The summed E-state index contributed by atoms with van der Waals surface area (Å²) < 4.78 is 1.91. The molecule has 1 aliphatic heterocycles. The highest BCUT2D eigenvalue weighted by molar-refractivity contribution is 8.13. The Kier molecular flexibility index (Phi) is 4.48. The molecule has 94 valence electrons. The third-order valence-electron chi connectivity index (χ3n) is 2.92. The Bertz CT molecular complexity index is 359. The molecule has 2 rings (SSSR count). The molecule has 0 bridgehead atoms. The molecule has 1 aliphatic rings. The predicted octanol–water partition coefficient (Wildman–Crippen LogP) is 1.99. The molecule has 0 aromatic carbocycles. The molecule has 0 amide bonds. The highest BCUT2D eigenvalue weighted by Gasteiger charge is 2.19. The van der Waals surface area contributed by atoms with Gasteiger partial charge in [0.25, 0.3) is 0 Å². The van der Waals surface area contributed by atoms with Crippen molar-refractivity contribution >= 4 is 16.9 Å². The molecule has 1 unspecified atom stereocenters. The van der Waals surface area contributed by atoms with E-state index in [0.717, 1.165) is 18.3 Å². The summed E-state index contributed by atoms with van der Waals surface area (Å²) in [5.74, 6) is 1.85. The summed E-state index contributed by atoms with van der Waals surface area (Å²) in [6, 6.07) is 2.52. The van der Waals surface area contributed by atoms with Crippen LogP contribution in [0, 0.1) is 5.92 Å². The smallest absolute Gasteiger partial charge is 0.156 e. The van der Waals surface area contributed by atoms with Gasteiger partial charge in [0.1, 0.15) is 0 Å². The first-order valence-electron chi connectivity index (χ1n) is 6.17. The summed E-state index contributed by atoms with van der Waals surface area (Å²) in [5, 5.41) is 8.78. The van der Waals surface area contributed by atoms with Crippen molar-refractivity contribution in [2.75, 3.05) is 12.3 Å². The molecule has 0 spiro atoms. The van der Waals surface area contributed by atoms with Gasteiger partial charge in [0.2, 0.25) is 0 Å². The summed E-state index contributed by atoms with van der Waals surface area (Å²) in [5.41, 5.74) is 0. The quantitative estimate of drug-likeness (QED) is 0.891. The summed E-state index contributed by atoms with van der Waals surface area (Å²) in [7, 11) is 0. The van der Waals surface area contributed by atoms with E-state index in [1.54, 1.807) is 6.20 Å². The van der Waals surface area contributed by atoms with Crippen LogP contribution in [-0.2, 0) is 6.54 Å². The molecule has 1 N–H and O–H groups in total. The number of thioether (sulfide) groups is 1. The molecule has 1 aromatic heterocycles. The van der Waals surface area contributed by atoms with Gasteiger partial charge in [0.15, 0.2) is 5.17 Å². The van der Waals surface area contributed by atoms with Crippen LogP contribution in [0.5, 0.6) is 0 Å². The molecule has 0 aliphatic carbocycles. The molecule has 1 fully saturated rings. The van der Waals surface area contributed by atoms with Crippen molar-refractivity contribution in [3.05, 3.63) is 18.5 Å². The molecule has 4 nitrogen and oxygen atoms in total. The first-order valence-corrected chi connectivity index (χ1v) is 7.15. The Hall–Kier alpha value is -0.970. The number of nitrogens with one attached hydrogen (secondary N) is 1. The number of rotatable bonds is 4. The van der Waals surface area contributed by atoms with Crippen molar-refractivity contribution in [2.45, 2.75) is 32.9 Å². The van der Waals surface area contributed by atoms with Crippen molar-refractivity contribution < 1.29 is 0 Å². The fraction of sp³-hybridized carbons (Fsp3) is 0.667. The topological polar surface area (TPSA) is 42.2 Å². The third kappa shape index (κ3) is 3.77. The van der Waals surface area contributed by atoms with E-state index in [1.807, 2.05) is 28.7 Å². The molecule has 1 saturated heterocycles. The minimum atomic E-state index is 0.583. The highest BCUT2D eigenvalue weighted by Crippen LogP contribution is 2.18. The SMILES string of the molecule is CC(C)C1CCSC(=NCCn2cccn2)N1. The van der Waals surface area contributed by atoms with Crippen LogP contribution in [0.25, 0.3) is 0 Å². The number of nitrogens with zero attached hydrogens (tertiary/aromatic N) is 3. The van der Waals surface area contributed by atoms with E-state index < -0.39 is 0 Å². The number of hydrogen-bond acceptors (Lipinski definition) is 3. The van der Waals surface area contributed by atoms with E-state index in [0.29, 0.717) is 12.0 Å². The van der Waals surface area contributed by atoms with Crippen LogP contribution >= 0.6 is 11.8 Å². The standard InChI is InChI=1S/C12H20N4S/c1-10(2)11-4-9-17-12(15-11)13-6-8-16-7-3-5-14-16/h3,5,7,10-11H,4,6,8-9H2,1-2H3,(H,13,15). The van der Waals surface area contributed by atoms with Crippen molar-refractivity contribution in [1.29, 1.82) is 0 Å². The highest BCUT2D eigenvalue weighted by atomic mass is 32.2. The summed E-state index contributed by atoms with van der Waals surface area (Å²) >= 11 is 1.83.